The summed E-state index contributed by atoms with van der Waals surface area (Å²) in [6.07, 6.45) is 2.82. The highest BCUT2D eigenvalue weighted by Gasteiger charge is 2.25. The number of hydrogen-bond donors (Lipinski definition) is 1. The Morgan fingerprint density at radius 2 is 1.86 bits per heavy atom. The van der Waals surface area contributed by atoms with E-state index < -0.39 is 0 Å². The zero-order valence-corrected chi connectivity index (χ0v) is 13.1. The van der Waals surface area contributed by atoms with E-state index >= 15 is 0 Å². The van der Waals surface area contributed by atoms with Crippen LogP contribution in [0.1, 0.15) is 29.0 Å². The topological polar surface area (TPSA) is 27.5 Å². The lowest BCUT2D eigenvalue weighted by Gasteiger charge is -2.29. The molecule has 2 aromatic rings. The summed E-state index contributed by atoms with van der Waals surface area (Å²) in [7, 11) is 1.61. The fourth-order valence-corrected chi connectivity index (χ4v) is 3.20. The van der Waals surface area contributed by atoms with Gasteiger partial charge in [-0.1, -0.05) is 47.5 Å². The zero-order valence-electron chi connectivity index (χ0n) is 11.6. The van der Waals surface area contributed by atoms with Crippen molar-refractivity contribution in [1.82, 2.24) is 0 Å². The molecule has 0 heterocycles. The summed E-state index contributed by atoms with van der Waals surface area (Å²) in [5, 5.41) is 13.0. The molecule has 1 N–H and O–H groups in total. The van der Waals surface area contributed by atoms with Crippen molar-refractivity contribution in [2.45, 2.75) is 12.3 Å². The van der Waals surface area contributed by atoms with Crippen molar-refractivity contribution in [2.75, 3.05) is 7.05 Å². The summed E-state index contributed by atoms with van der Waals surface area (Å²) in [5.41, 5.74) is 4.12. The Kier molecular flexibility index (Phi) is 4.05. The number of fused-ring (bicyclic) bond motifs is 1. The molecule has 0 saturated carbocycles. The molecule has 3 rings (SSSR count). The first-order valence-corrected chi connectivity index (χ1v) is 7.59. The SMILES string of the molecule is C[NH+]([O-])C1=CCC(c2ccc(Cl)c(Cl)c2)c2ccccc21. The number of rotatable bonds is 2. The minimum atomic E-state index is 0.107. The molecule has 0 bridgehead atoms. The molecular weight excluding hydrogens is 305 g/mol. The Morgan fingerprint density at radius 1 is 1.10 bits per heavy atom. The first-order valence-electron chi connectivity index (χ1n) is 6.83. The van der Waals surface area contributed by atoms with Gasteiger partial charge in [0.05, 0.1) is 17.1 Å². The number of halogens is 2. The highest BCUT2D eigenvalue weighted by atomic mass is 35.5. The van der Waals surface area contributed by atoms with Crippen LogP contribution < -0.4 is 5.06 Å². The zero-order chi connectivity index (χ0) is 15.0. The average molecular weight is 320 g/mol. The summed E-state index contributed by atoms with van der Waals surface area (Å²) in [6, 6.07) is 13.8. The van der Waals surface area contributed by atoms with Crippen LogP contribution in [0.2, 0.25) is 10.0 Å². The van der Waals surface area contributed by atoms with E-state index in [1.54, 1.807) is 7.05 Å². The van der Waals surface area contributed by atoms with Crippen LogP contribution in [-0.2, 0) is 0 Å². The van der Waals surface area contributed by atoms with Gasteiger partial charge >= 0.3 is 0 Å². The number of allylic oxidation sites excluding steroid dienone is 1. The summed E-state index contributed by atoms with van der Waals surface area (Å²) in [6.45, 7) is 0. The molecule has 0 spiro atoms. The molecule has 2 aromatic carbocycles. The van der Waals surface area contributed by atoms with Crippen LogP contribution in [0.3, 0.4) is 0 Å². The Balaban J connectivity index is 2.08. The lowest BCUT2D eigenvalue weighted by atomic mass is 9.81. The Hall–Kier alpha value is -1.32. The van der Waals surface area contributed by atoms with Gasteiger partial charge in [-0.25, -0.2) is 0 Å². The molecule has 0 saturated heterocycles. The molecular formula is C17H15Cl2NO. The molecule has 4 heteroatoms. The monoisotopic (exact) mass is 319 g/mol. The summed E-state index contributed by atoms with van der Waals surface area (Å²) in [5.74, 6) is 0.207. The molecule has 0 amide bonds. The maximum Gasteiger partial charge on any atom is 0.134 e. The van der Waals surface area contributed by atoms with Gasteiger partial charge in [-0.2, -0.15) is 0 Å². The molecule has 2 nitrogen and oxygen atoms in total. The molecule has 1 aliphatic rings. The maximum atomic E-state index is 11.8. The van der Waals surface area contributed by atoms with Gasteiger partial charge in [-0.3, -0.25) is 0 Å². The van der Waals surface area contributed by atoms with Crippen molar-refractivity contribution >= 4 is 28.9 Å². The van der Waals surface area contributed by atoms with Crippen LogP contribution in [0.4, 0.5) is 0 Å². The van der Waals surface area contributed by atoms with Crippen molar-refractivity contribution < 1.29 is 5.06 Å². The summed E-state index contributed by atoms with van der Waals surface area (Å²) < 4.78 is 0. The van der Waals surface area contributed by atoms with Crippen molar-refractivity contribution in [2.24, 2.45) is 0 Å². The molecule has 0 fully saturated rings. The minimum Gasteiger partial charge on any atom is -0.629 e. The number of nitrogens with one attached hydrogen (secondary N) is 1. The van der Waals surface area contributed by atoms with E-state index in [4.69, 9.17) is 23.2 Å². The standard InChI is InChI=1S/C17H15Cl2NO/c1-20(21)17-9-7-12(13-4-2-3-5-14(13)17)11-6-8-15(18)16(19)10-11/h2-6,8-10,12,20H,7H2,1H3. The largest absolute Gasteiger partial charge is 0.629 e. The Labute approximate surface area is 134 Å². The lowest BCUT2D eigenvalue weighted by Crippen LogP contribution is -3.01. The number of benzene rings is 2. The Morgan fingerprint density at radius 3 is 2.57 bits per heavy atom. The van der Waals surface area contributed by atoms with E-state index in [-0.39, 0.29) is 11.0 Å². The molecule has 108 valence electrons. The smallest absolute Gasteiger partial charge is 0.134 e. The summed E-state index contributed by atoms with van der Waals surface area (Å²) >= 11 is 12.1. The average Bonchev–Trinajstić information content (AvgIpc) is 2.49. The van der Waals surface area contributed by atoms with Gasteiger partial charge in [0.2, 0.25) is 0 Å². The van der Waals surface area contributed by atoms with Gasteiger partial charge in [0, 0.05) is 11.5 Å². The van der Waals surface area contributed by atoms with Crippen LogP contribution in [0.25, 0.3) is 5.70 Å². The summed E-state index contributed by atoms with van der Waals surface area (Å²) in [4.78, 5) is 0. The van der Waals surface area contributed by atoms with Gasteiger partial charge in [0.25, 0.3) is 0 Å². The van der Waals surface area contributed by atoms with Crippen LogP contribution in [0.15, 0.2) is 48.5 Å². The van der Waals surface area contributed by atoms with Crippen LogP contribution in [0, 0.1) is 5.21 Å². The van der Waals surface area contributed by atoms with Crippen molar-refractivity contribution in [3.8, 4) is 0 Å². The van der Waals surface area contributed by atoms with E-state index in [0.29, 0.717) is 10.0 Å². The number of quaternary nitrogens is 1. The second kappa shape index (κ2) is 5.82. The number of hydroxylamine groups is 2. The molecule has 2 unspecified atom stereocenters. The van der Waals surface area contributed by atoms with Gasteiger partial charge in [0.15, 0.2) is 0 Å². The predicted molar refractivity (Wildman–Crippen MR) is 87.6 cm³/mol. The van der Waals surface area contributed by atoms with Gasteiger partial charge in [-0.05, 0) is 41.8 Å². The second-order valence-corrected chi connectivity index (χ2v) is 6.04. The molecule has 0 aromatic heterocycles. The lowest BCUT2D eigenvalue weighted by molar-refractivity contribution is -0.743. The van der Waals surface area contributed by atoms with Crippen molar-refractivity contribution in [1.29, 1.82) is 0 Å². The predicted octanol–water partition coefficient (Wildman–Crippen LogP) is 3.88. The quantitative estimate of drug-likeness (QED) is 0.836. The highest BCUT2D eigenvalue weighted by molar-refractivity contribution is 6.42. The number of hydrogen-bond acceptors (Lipinski definition) is 1. The minimum absolute atomic E-state index is 0.107. The first-order chi connectivity index (χ1) is 10.1. The Bertz CT molecular complexity index is 710. The first kappa shape index (κ1) is 14.6. The van der Waals surface area contributed by atoms with Gasteiger partial charge in [-0.15, -0.1) is 0 Å². The van der Waals surface area contributed by atoms with Crippen molar-refractivity contribution in [3.63, 3.8) is 0 Å². The van der Waals surface area contributed by atoms with Crippen LogP contribution in [-0.4, -0.2) is 7.05 Å². The normalized spacial score (nSPS) is 18.9. The van der Waals surface area contributed by atoms with Gasteiger partial charge < -0.3 is 10.3 Å². The fourth-order valence-electron chi connectivity index (χ4n) is 2.90. The van der Waals surface area contributed by atoms with Crippen molar-refractivity contribution in [3.05, 3.63) is 80.5 Å². The molecule has 0 radical (unpaired) electrons. The third-order valence-corrected chi connectivity index (χ3v) is 4.65. The third kappa shape index (κ3) is 2.72. The van der Waals surface area contributed by atoms with Gasteiger partial charge in [0.1, 0.15) is 5.70 Å². The van der Waals surface area contributed by atoms with E-state index in [1.165, 1.54) is 5.56 Å². The molecule has 1 aliphatic carbocycles. The second-order valence-electron chi connectivity index (χ2n) is 5.22. The third-order valence-electron chi connectivity index (χ3n) is 3.91. The van der Waals surface area contributed by atoms with E-state index in [9.17, 15) is 5.21 Å². The molecule has 0 aliphatic heterocycles. The van der Waals surface area contributed by atoms with E-state index in [2.05, 4.69) is 6.07 Å². The molecule has 2 atom stereocenters. The maximum absolute atomic E-state index is 11.8. The van der Waals surface area contributed by atoms with E-state index in [1.807, 2.05) is 42.5 Å². The van der Waals surface area contributed by atoms with Crippen LogP contribution >= 0.6 is 23.2 Å². The fraction of sp³-hybridized carbons (Fsp3) is 0.176. The highest BCUT2D eigenvalue weighted by Crippen LogP contribution is 2.38. The van der Waals surface area contributed by atoms with Crippen LogP contribution in [0.5, 0.6) is 0 Å². The molecule has 21 heavy (non-hydrogen) atoms. The van der Waals surface area contributed by atoms with E-state index in [0.717, 1.165) is 23.2 Å².